The minimum atomic E-state index is -1.32. The normalized spacial score (nSPS) is 23.7. The van der Waals surface area contributed by atoms with Crippen molar-refractivity contribution in [1.82, 2.24) is 60.3 Å². The lowest BCUT2D eigenvalue weighted by molar-refractivity contribution is -0.126. The van der Waals surface area contributed by atoms with E-state index in [1.807, 2.05) is 82.6 Å². The highest BCUT2D eigenvalue weighted by Gasteiger charge is 2.46. The van der Waals surface area contributed by atoms with Crippen molar-refractivity contribution < 1.29 is 40.2 Å². The average Bonchev–Trinajstić information content (AvgIpc) is 2.00. The van der Waals surface area contributed by atoms with Crippen molar-refractivity contribution in [2.75, 3.05) is 72.9 Å². The molecule has 4 aliphatic rings. The van der Waals surface area contributed by atoms with Crippen LogP contribution in [0.25, 0.3) is 22.3 Å². The number of fused-ring (bicyclic) bond motifs is 2. The molecule has 0 radical (unpaired) electrons. The molecule has 2 saturated heterocycles. The highest BCUT2D eigenvalue weighted by Crippen LogP contribution is 2.38. The van der Waals surface area contributed by atoms with Crippen LogP contribution in [0.2, 0.25) is 0 Å². The van der Waals surface area contributed by atoms with Crippen LogP contribution < -0.4 is 41.7 Å². The first kappa shape index (κ1) is 59.0. The standard InChI is InChI=1S/C62H70N18O8/c63-33-66-60(69-40-21-23-77(29-40)61-73-56(64-27-42(36-13-5-1-6-14-36)37-15-7-2-8-16-37)50-58(75-61)79(34-67-50)46-25-44(52(85)54(46)87)71-48(83)31-81)70-41-22-24-78(30-41)62-74-57(65-28-43(38-17-9-3-10-18-38)39-19-11-4-12-20-39)51-59(76-62)80(35-68-51)47-26-45(53(86)55(47)88)72-49(84)32-82/h1-20,34-35,40-47,52-55,81-82,85-88H,21-32H2,(H,71,83)(H,72,84)(H,64,73,75)(H,65,74,76)(H2,66,69,70)/t40-,41-,44+,45+,46-,47-,52-,53-,54+,55+/m1/s1. The molecule has 4 aromatic carbocycles. The first-order valence-corrected chi connectivity index (χ1v) is 29.6. The van der Waals surface area contributed by atoms with Crippen molar-refractivity contribution in [3.8, 4) is 6.19 Å². The van der Waals surface area contributed by atoms with Crippen molar-refractivity contribution >= 4 is 63.6 Å². The topological polar surface area (TPSA) is 358 Å². The fourth-order valence-electron chi connectivity index (χ4n) is 12.8. The zero-order valence-electron chi connectivity index (χ0n) is 48.0. The molecule has 0 bridgehead atoms. The molecule has 88 heavy (non-hydrogen) atoms. The zero-order valence-corrected chi connectivity index (χ0v) is 48.0. The van der Waals surface area contributed by atoms with Gasteiger partial charge in [0.2, 0.25) is 29.7 Å². The Labute approximate surface area is 506 Å². The molecule has 456 valence electrons. The monoisotopic (exact) mass is 1190 g/mol. The van der Waals surface area contributed by atoms with Crippen LogP contribution in [0.15, 0.2) is 139 Å². The second-order valence-electron chi connectivity index (χ2n) is 22.8. The molecule has 26 heteroatoms. The second kappa shape index (κ2) is 26.3. The maximum atomic E-state index is 12.2. The molecule has 2 aliphatic carbocycles. The number of aliphatic imine (C=N–C) groups is 1. The molecular formula is C62H70N18O8. The molecule has 4 fully saturated rings. The van der Waals surface area contributed by atoms with Gasteiger partial charge in [0.25, 0.3) is 0 Å². The second-order valence-corrected chi connectivity index (χ2v) is 22.8. The first-order valence-electron chi connectivity index (χ1n) is 29.6. The summed E-state index contributed by atoms with van der Waals surface area (Å²) in [7, 11) is 0. The van der Waals surface area contributed by atoms with Crippen LogP contribution in [0.5, 0.6) is 0 Å². The van der Waals surface area contributed by atoms with Crippen molar-refractivity contribution in [1.29, 1.82) is 5.26 Å². The molecule has 4 aromatic heterocycles. The predicted octanol–water partition coefficient (Wildman–Crippen LogP) is 1.62. The largest absolute Gasteiger partial charge is 0.388 e. The number of carbonyl (C=O) groups excluding carboxylic acids is 2. The van der Waals surface area contributed by atoms with Gasteiger partial charge in [-0.05, 0) is 47.9 Å². The number of amides is 2. The Morgan fingerprint density at radius 1 is 0.568 bits per heavy atom. The lowest BCUT2D eigenvalue weighted by atomic mass is 9.91. The van der Waals surface area contributed by atoms with Gasteiger partial charge >= 0.3 is 0 Å². The van der Waals surface area contributed by atoms with E-state index in [4.69, 9.17) is 34.9 Å². The number of nitriles is 1. The Morgan fingerprint density at radius 2 is 0.989 bits per heavy atom. The molecule has 6 heterocycles. The Morgan fingerprint density at radius 3 is 1.41 bits per heavy atom. The summed E-state index contributed by atoms with van der Waals surface area (Å²) in [5.74, 6) is 0.437. The maximum absolute atomic E-state index is 12.2. The lowest BCUT2D eigenvalue weighted by Gasteiger charge is -2.22. The number of hydrogen-bond acceptors (Lipinski definition) is 20. The number of aromatic nitrogens is 8. The molecule has 12 rings (SSSR count). The number of aliphatic hydroxyl groups excluding tert-OH is 6. The van der Waals surface area contributed by atoms with E-state index in [-0.39, 0.29) is 42.7 Å². The summed E-state index contributed by atoms with van der Waals surface area (Å²) >= 11 is 0. The Bertz CT molecular complexity index is 3700. The van der Waals surface area contributed by atoms with Crippen LogP contribution in [0.1, 0.15) is 71.9 Å². The summed E-state index contributed by atoms with van der Waals surface area (Å²) in [6.45, 7) is 1.14. The predicted molar refractivity (Wildman–Crippen MR) is 327 cm³/mol. The third kappa shape index (κ3) is 12.5. The third-order valence-corrected chi connectivity index (χ3v) is 17.3. The summed E-state index contributed by atoms with van der Waals surface area (Å²) in [5, 5.41) is 92.7. The van der Waals surface area contributed by atoms with Crippen molar-refractivity contribution in [2.24, 2.45) is 4.99 Å². The minimum Gasteiger partial charge on any atom is -0.388 e. The van der Waals surface area contributed by atoms with Crippen LogP contribution in [0.4, 0.5) is 23.5 Å². The number of carbonyl (C=O) groups is 2. The molecule has 26 nitrogen and oxygen atoms in total. The Hall–Kier alpha value is -9.36. The van der Waals surface area contributed by atoms with Gasteiger partial charge in [0.05, 0.1) is 42.9 Å². The average molecular weight is 1200 g/mol. The highest BCUT2D eigenvalue weighted by atomic mass is 16.3. The van der Waals surface area contributed by atoms with Crippen LogP contribution in [0.3, 0.4) is 0 Å². The van der Waals surface area contributed by atoms with E-state index in [0.29, 0.717) is 98.0 Å². The highest BCUT2D eigenvalue weighted by molar-refractivity contribution is 5.86. The first-order chi connectivity index (χ1) is 42.9. The Kier molecular flexibility index (Phi) is 17.6. The number of imidazole rings is 2. The minimum absolute atomic E-state index is 0.0746. The quantitative estimate of drug-likeness (QED) is 0.0223. The van der Waals surface area contributed by atoms with Crippen LogP contribution >= 0.6 is 0 Å². The zero-order chi connectivity index (χ0) is 60.8. The SMILES string of the molecule is N#CNC(=N[C@@H]1CCN(c2nc(NCC(c3ccccc3)c3ccccc3)c3ncn([C@@H]4C[C@H](NC(=O)CO)[C@@H](O)[C@H]4O)c3n2)C1)N[C@@H]1CCN(c2nc(NCC(c3ccccc3)c3ccccc3)c3ncn([C@@H]4C[C@H](NC(=O)CO)[C@@H](O)[C@H]4O)c3n2)C1. The number of aliphatic hydroxyl groups is 6. The van der Waals surface area contributed by atoms with E-state index in [2.05, 4.69) is 86.6 Å². The van der Waals surface area contributed by atoms with Gasteiger partial charge < -0.3 is 76.2 Å². The van der Waals surface area contributed by atoms with E-state index >= 15 is 0 Å². The molecule has 10 atom stereocenters. The number of guanidine groups is 1. The van der Waals surface area contributed by atoms with Crippen molar-refractivity contribution in [2.45, 2.75) is 98.2 Å². The van der Waals surface area contributed by atoms with Gasteiger partial charge in [0.1, 0.15) is 37.6 Å². The molecule has 0 unspecified atom stereocenters. The van der Waals surface area contributed by atoms with Gasteiger partial charge in [-0.25, -0.2) is 15.0 Å². The summed E-state index contributed by atoms with van der Waals surface area (Å²) in [4.78, 5) is 63.4. The molecule has 0 spiro atoms. The number of nitrogens with one attached hydrogen (secondary N) is 6. The summed E-state index contributed by atoms with van der Waals surface area (Å²) in [5.41, 5.74) is 6.05. The molecular weight excluding hydrogens is 1120 g/mol. The Balaban J connectivity index is 0.800. The number of hydrogen-bond donors (Lipinski definition) is 12. The summed E-state index contributed by atoms with van der Waals surface area (Å²) < 4.78 is 3.42. The van der Waals surface area contributed by atoms with E-state index in [9.17, 15) is 45.5 Å². The van der Waals surface area contributed by atoms with E-state index in [1.54, 1.807) is 21.8 Å². The van der Waals surface area contributed by atoms with Crippen molar-refractivity contribution in [3.63, 3.8) is 0 Å². The molecule has 12 N–H and O–H groups in total. The van der Waals surface area contributed by atoms with Crippen LogP contribution in [0, 0.1) is 11.5 Å². The summed E-state index contributed by atoms with van der Waals surface area (Å²) in [6.07, 6.45) is 1.39. The fourth-order valence-corrected chi connectivity index (χ4v) is 12.8. The molecule has 2 amide bonds. The van der Waals surface area contributed by atoms with Gasteiger partial charge in [0, 0.05) is 57.1 Å². The smallest absolute Gasteiger partial charge is 0.246 e. The van der Waals surface area contributed by atoms with Gasteiger partial charge in [0.15, 0.2) is 40.2 Å². The van der Waals surface area contributed by atoms with Gasteiger partial charge in [-0.3, -0.25) is 14.9 Å². The fraction of sp³-hybridized carbons (Fsp3) is 0.387. The van der Waals surface area contributed by atoms with Crippen LogP contribution in [-0.4, -0.2) is 189 Å². The maximum Gasteiger partial charge on any atom is 0.246 e. The number of rotatable bonds is 20. The van der Waals surface area contributed by atoms with E-state index in [1.165, 1.54) is 0 Å². The third-order valence-electron chi connectivity index (χ3n) is 17.3. The van der Waals surface area contributed by atoms with Crippen molar-refractivity contribution in [3.05, 3.63) is 156 Å². The number of nitrogens with zero attached hydrogens (tertiary/aromatic N) is 12. The summed E-state index contributed by atoms with van der Waals surface area (Å²) in [6, 6.07) is 36.9. The van der Waals surface area contributed by atoms with Gasteiger partial charge in [-0.15, -0.1) is 0 Å². The van der Waals surface area contributed by atoms with Gasteiger partial charge in [-0.2, -0.15) is 25.2 Å². The molecule has 8 aromatic rings. The van der Waals surface area contributed by atoms with Gasteiger partial charge in [-0.1, -0.05) is 121 Å². The number of anilines is 4. The lowest BCUT2D eigenvalue weighted by Crippen LogP contribution is -2.44. The number of benzene rings is 4. The van der Waals surface area contributed by atoms with Crippen LogP contribution in [-0.2, 0) is 9.59 Å². The molecule has 2 aliphatic heterocycles. The van der Waals surface area contributed by atoms with E-state index < -0.39 is 73.6 Å². The molecule has 2 saturated carbocycles. The van der Waals surface area contributed by atoms with E-state index in [0.717, 1.165) is 22.3 Å².